The van der Waals surface area contributed by atoms with Gasteiger partial charge in [-0.1, -0.05) is 21.9 Å². The summed E-state index contributed by atoms with van der Waals surface area (Å²) in [6.45, 7) is 3.65. The molecule has 0 unspecified atom stereocenters. The van der Waals surface area contributed by atoms with Gasteiger partial charge in [-0.15, -0.1) is 0 Å². The molecule has 0 amide bonds. The van der Waals surface area contributed by atoms with E-state index in [1.165, 1.54) is 0 Å². The van der Waals surface area contributed by atoms with E-state index in [1.54, 1.807) is 18.7 Å². The standard InChI is InChI=1S/C13H15ClN6O2/c1-7-11(12(14)20(3)17-7)13-16-10(22-19-13)6-4-5-9-15-8(2)18-21-9/h4-6H2,1-3H3. The quantitative estimate of drug-likeness (QED) is 0.711. The molecule has 9 heteroatoms. The fourth-order valence-electron chi connectivity index (χ4n) is 2.17. The molecule has 0 bridgehead atoms. The second-order valence-corrected chi connectivity index (χ2v) is 5.33. The summed E-state index contributed by atoms with van der Waals surface area (Å²) in [5.41, 5.74) is 1.47. The molecule has 3 aromatic heterocycles. The Morgan fingerprint density at radius 1 is 1.05 bits per heavy atom. The molecule has 0 aliphatic carbocycles. The maximum absolute atomic E-state index is 6.20. The third kappa shape index (κ3) is 2.87. The summed E-state index contributed by atoms with van der Waals surface area (Å²) < 4.78 is 11.9. The highest BCUT2D eigenvalue weighted by Crippen LogP contribution is 2.28. The minimum absolute atomic E-state index is 0.458. The van der Waals surface area contributed by atoms with Gasteiger partial charge in [0.25, 0.3) is 0 Å². The van der Waals surface area contributed by atoms with E-state index in [1.807, 2.05) is 6.92 Å². The van der Waals surface area contributed by atoms with Crippen LogP contribution in [-0.2, 0) is 19.9 Å². The Labute approximate surface area is 131 Å². The number of nitrogens with zero attached hydrogens (tertiary/aromatic N) is 6. The van der Waals surface area contributed by atoms with Crippen LogP contribution >= 0.6 is 11.6 Å². The van der Waals surface area contributed by atoms with E-state index in [0.29, 0.717) is 47.0 Å². The zero-order chi connectivity index (χ0) is 15.7. The molecule has 0 radical (unpaired) electrons. The first-order valence-electron chi connectivity index (χ1n) is 6.86. The number of hydrogen-bond acceptors (Lipinski definition) is 7. The van der Waals surface area contributed by atoms with Gasteiger partial charge in [0, 0.05) is 19.9 Å². The highest BCUT2D eigenvalue weighted by molar-refractivity contribution is 6.32. The highest BCUT2D eigenvalue weighted by Gasteiger charge is 2.19. The van der Waals surface area contributed by atoms with E-state index in [-0.39, 0.29) is 0 Å². The third-order valence-corrected chi connectivity index (χ3v) is 3.63. The summed E-state index contributed by atoms with van der Waals surface area (Å²) in [5.74, 6) is 2.25. The van der Waals surface area contributed by atoms with Gasteiger partial charge in [0.05, 0.1) is 11.3 Å². The smallest absolute Gasteiger partial charge is 0.226 e. The van der Waals surface area contributed by atoms with Crippen molar-refractivity contribution in [2.45, 2.75) is 33.1 Å². The summed E-state index contributed by atoms with van der Waals surface area (Å²) in [4.78, 5) is 8.52. The molecule has 0 saturated carbocycles. The molecule has 0 atom stereocenters. The molecule has 3 rings (SSSR count). The normalized spacial score (nSPS) is 11.3. The van der Waals surface area contributed by atoms with Gasteiger partial charge in [-0.05, 0) is 20.3 Å². The van der Waals surface area contributed by atoms with Gasteiger partial charge in [-0.3, -0.25) is 4.68 Å². The van der Waals surface area contributed by atoms with Gasteiger partial charge >= 0.3 is 0 Å². The van der Waals surface area contributed by atoms with Crippen molar-refractivity contribution >= 4 is 11.6 Å². The molecular formula is C13H15ClN6O2. The van der Waals surface area contributed by atoms with Crippen molar-refractivity contribution < 1.29 is 9.05 Å². The second-order valence-electron chi connectivity index (χ2n) is 4.98. The molecule has 0 saturated heterocycles. The van der Waals surface area contributed by atoms with E-state index in [4.69, 9.17) is 20.6 Å². The minimum atomic E-state index is 0.458. The number of rotatable bonds is 5. The van der Waals surface area contributed by atoms with Crippen LogP contribution in [0, 0.1) is 13.8 Å². The zero-order valence-electron chi connectivity index (χ0n) is 12.5. The molecule has 0 N–H and O–H groups in total. The largest absolute Gasteiger partial charge is 0.339 e. The predicted octanol–water partition coefficient (Wildman–Crippen LogP) is 2.30. The van der Waals surface area contributed by atoms with Crippen molar-refractivity contribution in [3.63, 3.8) is 0 Å². The van der Waals surface area contributed by atoms with E-state index >= 15 is 0 Å². The monoisotopic (exact) mass is 322 g/mol. The van der Waals surface area contributed by atoms with Gasteiger partial charge in [0.15, 0.2) is 5.82 Å². The fraction of sp³-hybridized carbons (Fsp3) is 0.462. The van der Waals surface area contributed by atoms with E-state index in [2.05, 4.69) is 25.4 Å². The third-order valence-electron chi connectivity index (χ3n) is 3.19. The van der Waals surface area contributed by atoms with Gasteiger partial charge in [-0.2, -0.15) is 15.1 Å². The maximum Gasteiger partial charge on any atom is 0.226 e. The Hall–Kier alpha value is -2.22. The van der Waals surface area contributed by atoms with Crippen LogP contribution in [0.25, 0.3) is 11.4 Å². The molecule has 0 aliphatic rings. The molecule has 0 aliphatic heterocycles. The van der Waals surface area contributed by atoms with Crippen molar-refractivity contribution in [1.29, 1.82) is 0 Å². The number of hydrogen-bond donors (Lipinski definition) is 0. The molecule has 3 heterocycles. The summed E-state index contributed by atoms with van der Waals surface area (Å²) >= 11 is 6.20. The van der Waals surface area contributed by atoms with E-state index in [9.17, 15) is 0 Å². The lowest BCUT2D eigenvalue weighted by molar-refractivity contribution is 0.358. The van der Waals surface area contributed by atoms with Gasteiger partial charge in [-0.25, -0.2) is 0 Å². The van der Waals surface area contributed by atoms with Crippen LogP contribution < -0.4 is 0 Å². The van der Waals surface area contributed by atoms with Crippen LogP contribution in [-0.4, -0.2) is 30.1 Å². The van der Waals surface area contributed by atoms with Crippen molar-refractivity contribution in [2.24, 2.45) is 7.05 Å². The van der Waals surface area contributed by atoms with E-state index < -0.39 is 0 Å². The lowest BCUT2D eigenvalue weighted by atomic mass is 10.2. The molecule has 0 spiro atoms. The minimum Gasteiger partial charge on any atom is -0.339 e. The molecule has 0 aromatic carbocycles. The Kier molecular flexibility index (Phi) is 3.93. The SMILES string of the molecule is Cc1noc(CCCc2nc(-c3c(C)nn(C)c3Cl)no2)n1. The highest BCUT2D eigenvalue weighted by atomic mass is 35.5. The van der Waals surface area contributed by atoms with Crippen LogP contribution in [0.4, 0.5) is 0 Å². The van der Waals surface area contributed by atoms with Crippen LogP contribution in [0.5, 0.6) is 0 Å². The summed E-state index contributed by atoms with van der Waals surface area (Å²) in [5, 5.41) is 12.4. The van der Waals surface area contributed by atoms with Gasteiger partial charge < -0.3 is 9.05 Å². The molecule has 116 valence electrons. The first-order valence-corrected chi connectivity index (χ1v) is 7.23. The van der Waals surface area contributed by atoms with Crippen molar-refractivity contribution in [1.82, 2.24) is 30.1 Å². The fourth-order valence-corrected chi connectivity index (χ4v) is 2.43. The maximum atomic E-state index is 6.20. The molecular weight excluding hydrogens is 308 g/mol. The first kappa shape index (κ1) is 14.7. The van der Waals surface area contributed by atoms with Crippen molar-refractivity contribution in [3.8, 4) is 11.4 Å². The Morgan fingerprint density at radius 3 is 2.32 bits per heavy atom. The van der Waals surface area contributed by atoms with Crippen molar-refractivity contribution in [2.75, 3.05) is 0 Å². The lowest BCUT2D eigenvalue weighted by Gasteiger charge is -1.93. The molecule has 0 fully saturated rings. The summed E-state index contributed by atoms with van der Waals surface area (Å²) in [6, 6.07) is 0. The number of aromatic nitrogens is 6. The van der Waals surface area contributed by atoms with Crippen LogP contribution in [0.3, 0.4) is 0 Å². The first-order chi connectivity index (χ1) is 10.5. The van der Waals surface area contributed by atoms with Crippen molar-refractivity contribution in [3.05, 3.63) is 28.5 Å². The molecule has 3 aromatic rings. The van der Waals surface area contributed by atoms with Crippen LogP contribution in [0.1, 0.15) is 29.7 Å². The second kappa shape index (κ2) is 5.88. The topological polar surface area (TPSA) is 95.7 Å². The molecule has 22 heavy (non-hydrogen) atoms. The summed E-state index contributed by atoms with van der Waals surface area (Å²) in [6.07, 6.45) is 2.08. The Bertz CT molecular complexity index is 790. The lowest BCUT2D eigenvalue weighted by Crippen LogP contribution is -1.91. The Balaban J connectivity index is 1.66. The van der Waals surface area contributed by atoms with E-state index in [0.717, 1.165) is 12.1 Å². The predicted molar refractivity (Wildman–Crippen MR) is 77.3 cm³/mol. The summed E-state index contributed by atoms with van der Waals surface area (Å²) in [7, 11) is 1.77. The van der Waals surface area contributed by atoms with Gasteiger partial charge in [0.1, 0.15) is 5.15 Å². The zero-order valence-corrected chi connectivity index (χ0v) is 13.3. The average Bonchev–Trinajstić information content (AvgIpc) is 3.13. The van der Waals surface area contributed by atoms with Crippen LogP contribution in [0.2, 0.25) is 5.15 Å². The number of halogens is 1. The Morgan fingerprint density at radius 2 is 1.73 bits per heavy atom. The van der Waals surface area contributed by atoms with Gasteiger partial charge in [0.2, 0.25) is 17.6 Å². The molecule has 8 nitrogen and oxygen atoms in total. The number of aryl methyl sites for hydroxylation is 5. The average molecular weight is 323 g/mol. The van der Waals surface area contributed by atoms with Crippen LogP contribution in [0.15, 0.2) is 9.05 Å².